The molecule has 0 saturated heterocycles. The second kappa shape index (κ2) is 7.97. The third kappa shape index (κ3) is 4.80. The predicted octanol–water partition coefficient (Wildman–Crippen LogP) is 3.84. The highest BCUT2D eigenvalue weighted by Crippen LogP contribution is 2.21. The predicted molar refractivity (Wildman–Crippen MR) is 107 cm³/mol. The van der Waals surface area contributed by atoms with E-state index in [1.807, 2.05) is 67.7 Å². The van der Waals surface area contributed by atoms with Crippen molar-refractivity contribution in [3.8, 4) is 0 Å². The maximum Gasteiger partial charge on any atom is 0.230 e. The summed E-state index contributed by atoms with van der Waals surface area (Å²) in [5.74, 6) is 0.657. The number of anilines is 4. The number of amides is 1. The van der Waals surface area contributed by atoms with Crippen LogP contribution in [0.5, 0.6) is 0 Å². The summed E-state index contributed by atoms with van der Waals surface area (Å²) < 4.78 is 0. The molecule has 0 atom stereocenters. The van der Waals surface area contributed by atoms with E-state index in [9.17, 15) is 4.79 Å². The van der Waals surface area contributed by atoms with E-state index in [2.05, 4.69) is 20.6 Å². The molecular weight excluding hydrogens is 346 g/mol. The lowest BCUT2D eigenvalue weighted by atomic mass is 10.2. The summed E-state index contributed by atoms with van der Waals surface area (Å²) in [6.45, 7) is 2.01. The Hall–Kier alpha value is -2.93. The Balaban J connectivity index is 1.57. The SMILES string of the molecule is Cc1ccnc(Nc2nc(CC(=O)Nc3ccc(N(C)C)cc3)cs2)c1. The van der Waals surface area contributed by atoms with Gasteiger partial charge >= 0.3 is 0 Å². The summed E-state index contributed by atoms with van der Waals surface area (Å²) in [7, 11) is 3.96. The summed E-state index contributed by atoms with van der Waals surface area (Å²) in [6.07, 6.45) is 1.98. The minimum Gasteiger partial charge on any atom is -0.378 e. The maximum atomic E-state index is 12.2. The van der Waals surface area contributed by atoms with Crippen molar-refractivity contribution in [2.24, 2.45) is 0 Å². The van der Waals surface area contributed by atoms with Gasteiger partial charge in [-0.05, 0) is 48.9 Å². The minimum atomic E-state index is -0.0897. The summed E-state index contributed by atoms with van der Waals surface area (Å²) >= 11 is 1.46. The first-order chi connectivity index (χ1) is 12.5. The number of thiazole rings is 1. The van der Waals surface area contributed by atoms with Gasteiger partial charge in [0.25, 0.3) is 0 Å². The van der Waals surface area contributed by atoms with Crippen molar-refractivity contribution in [1.82, 2.24) is 9.97 Å². The van der Waals surface area contributed by atoms with Crippen LogP contribution in [0.4, 0.5) is 22.3 Å². The van der Waals surface area contributed by atoms with E-state index in [0.29, 0.717) is 0 Å². The molecule has 0 saturated carbocycles. The molecule has 2 N–H and O–H groups in total. The Morgan fingerprint density at radius 2 is 1.96 bits per heavy atom. The lowest BCUT2D eigenvalue weighted by molar-refractivity contribution is -0.115. The van der Waals surface area contributed by atoms with Crippen molar-refractivity contribution in [3.05, 3.63) is 59.2 Å². The van der Waals surface area contributed by atoms with Crippen molar-refractivity contribution in [3.63, 3.8) is 0 Å². The summed E-state index contributed by atoms with van der Waals surface area (Å²) in [5, 5.41) is 8.67. The lowest BCUT2D eigenvalue weighted by Gasteiger charge is -2.12. The molecule has 134 valence electrons. The van der Waals surface area contributed by atoms with Crippen LogP contribution in [-0.2, 0) is 11.2 Å². The molecule has 1 amide bonds. The molecule has 0 fully saturated rings. The molecule has 26 heavy (non-hydrogen) atoms. The topological polar surface area (TPSA) is 70.1 Å². The van der Waals surface area contributed by atoms with E-state index in [1.165, 1.54) is 11.3 Å². The first kappa shape index (κ1) is 17.9. The molecular formula is C19H21N5OS. The Labute approximate surface area is 156 Å². The van der Waals surface area contributed by atoms with Gasteiger partial charge in [0.1, 0.15) is 5.82 Å². The van der Waals surface area contributed by atoms with Crippen molar-refractivity contribution in [2.45, 2.75) is 13.3 Å². The molecule has 2 aromatic heterocycles. The fraction of sp³-hybridized carbons (Fsp3) is 0.211. The van der Waals surface area contributed by atoms with Crippen molar-refractivity contribution in [2.75, 3.05) is 29.6 Å². The first-order valence-electron chi connectivity index (χ1n) is 8.21. The molecule has 6 nitrogen and oxygen atoms in total. The molecule has 0 spiro atoms. The Kier molecular flexibility index (Phi) is 5.48. The summed E-state index contributed by atoms with van der Waals surface area (Å²) in [4.78, 5) is 22.9. The molecule has 1 aromatic carbocycles. The average molecular weight is 367 g/mol. The number of pyridine rings is 1. The van der Waals surface area contributed by atoms with E-state index >= 15 is 0 Å². The molecule has 0 bridgehead atoms. The molecule has 7 heteroatoms. The van der Waals surface area contributed by atoms with Gasteiger partial charge in [0.2, 0.25) is 5.91 Å². The second-order valence-corrected chi connectivity index (χ2v) is 7.01. The summed E-state index contributed by atoms with van der Waals surface area (Å²) in [6, 6.07) is 11.6. The van der Waals surface area contributed by atoms with Crippen LogP contribution in [0, 0.1) is 6.92 Å². The van der Waals surface area contributed by atoms with Gasteiger partial charge in [-0.3, -0.25) is 4.79 Å². The summed E-state index contributed by atoms with van der Waals surface area (Å²) in [5.41, 5.74) is 3.72. The van der Waals surface area contributed by atoms with E-state index < -0.39 is 0 Å². The maximum absolute atomic E-state index is 12.2. The normalized spacial score (nSPS) is 10.4. The lowest BCUT2D eigenvalue weighted by Crippen LogP contribution is -2.15. The fourth-order valence-corrected chi connectivity index (χ4v) is 3.09. The van der Waals surface area contributed by atoms with Crippen LogP contribution in [0.1, 0.15) is 11.3 Å². The monoisotopic (exact) mass is 367 g/mol. The van der Waals surface area contributed by atoms with Gasteiger partial charge in [-0.25, -0.2) is 9.97 Å². The number of carbonyl (C=O) groups is 1. The Morgan fingerprint density at radius 1 is 1.19 bits per heavy atom. The number of benzene rings is 1. The van der Waals surface area contributed by atoms with Gasteiger partial charge in [0.05, 0.1) is 12.1 Å². The quantitative estimate of drug-likeness (QED) is 0.693. The highest BCUT2D eigenvalue weighted by molar-refractivity contribution is 7.13. The molecule has 2 heterocycles. The number of aryl methyl sites for hydroxylation is 1. The number of nitrogens with zero attached hydrogens (tertiary/aromatic N) is 3. The van der Waals surface area contributed by atoms with Crippen molar-refractivity contribution >= 4 is 39.6 Å². The zero-order valence-corrected chi connectivity index (χ0v) is 15.8. The van der Waals surface area contributed by atoms with Gasteiger partial charge in [0, 0.05) is 37.0 Å². The van der Waals surface area contributed by atoms with Crippen LogP contribution >= 0.6 is 11.3 Å². The zero-order valence-electron chi connectivity index (χ0n) is 15.0. The third-order valence-electron chi connectivity index (χ3n) is 3.71. The van der Waals surface area contributed by atoms with Crippen molar-refractivity contribution < 1.29 is 4.79 Å². The number of nitrogens with one attached hydrogen (secondary N) is 2. The van der Waals surface area contributed by atoms with E-state index in [-0.39, 0.29) is 12.3 Å². The smallest absolute Gasteiger partial charge is 0.230 e. The number of carbonyl (C=O) groups excluding carboxylic acids is 1. The van der Waals surface area contributed by atoms with Crippen LogP contribution in [0.15, 0.2) is 48.0 Å². The van der Waals surface area contributed by atoms with Crippen LogP contribution in [-0.4, -0.2) is 30.0 Å². The number of rotatable bonds is 6. The standard InChI is InChI=1S/C19H21N5OS/c1-13-8-9-20-17(10-13)23-19-22-15(12-26-19)11-18(25)21-14-4-6-16(7-5-14)24(2)3/h4-10,12H,11H2,1-3H3,(H,21,25)(H,20,22,23). The molecule has 0 aliphatic heterocycles. The minimum absolute atomic E-state index is 0.0897. The Morgan fingerprint density at radius 3 is 2.65 bits per heavy atom. The van der Waals surface area contributed by atoms with Crippen LogP contribution in [0.2, 0.25) is 0 Å². The molecule has 0 unspecified atom stereocenters. The van der Waals surface area contributed by atoms with Gasteiger partial charge in [0.15, 0.2) is 5.13 Å². The molecule has 3 aromatic rings. The van der Waals surface area contributed by atoms with Gasteiger partial charge in [-0.1, -0.05) is 0 Å². The molecule has 0 radical (unpaired) electrons. The zero-order chi connectivity index (χ0) is 18.5. The molecule has 0 aliphatic rings. The number of aromatic nitrogens is 2. The van der Waals surface area contributed by atoms with Crippen molar-refractivity contribution in [1.29, 1.82) is 0 Å². The average Bonchev–Trinajstić information content (AvgIpc) is 3.02. The largest absolute Gasteiger partial charge is 0.378 e. The van der Waals surface area contributed by atoms with Gasteiger partial charge in [-0.2, -0.15) is 0 Å². The van der Waals surface area contributed by atoms with Crippen LogP contribution < -0.4 is 15.5 Å². The van der Waals surface area contributed by atoms with Gasteiger partial charge < -0.3 is 15.5 Å². The van der Waals surface area contributed by atoms with Crippen LogP contribution in [0.25, 0.3) is 0 Å². The number of hydrogen-bond acceptors (Lipinski definition) is 6. The second-order valence-electron chi connectivity index (χ2n) is 6.15. The molecule has 0 aliphatic carbocycles. The van der Waals surface area contributed by atoms with E-state index in [0.717, 1.165) is 33.6 Å². The van der Waals surface area contributed by atoms with Gasteiger partial charge in [-0.15, -0.1) is 11.3 Å². The van der Waals surface area contributed by atoms with E-state index in [4.69, 9.17) is 0 Å². The first-order valence-corrected chi connectivity index (χ1v) is 9.09. The number of hydrogen-bond donors (Lipinski definition) is 2. The Bertz CT molecular complexity index is 889. The highest BCUT2D eigenvalue weighted by Gasteiger charge is 2.09. The van der Waals surface area contributed by atoms with E-state index in [1.54, 1.807) is 6.20 Å². The van der Waals surface area contributed by atoms with Crippen LogP contribution in [0.3, 0.4) is 0 Å². The third-order valence-corrected chi connectivity index (χ3v) is 4.52. The fourth-order valence-electron chi connectivity index (χ4n) is 2.37. The molecule has 3 rings (SSSR count). The highest BCUT2D eigenvalue weighted by atomic mass is 32.1.